The minimum atomic E-state index is -0.826. The molecule has 2 amide bonds. The zero-order chi connectivity index (χ0) is 21.1. The third-order valence-electron chi connectivity index (χ3n) is 4.02. The van der Waals surface area contributed by atoms with Crippen molar-refractivity contribution >= 4 is 18.3 Å². The lowest BCUT2D eigenvalue weighted by molar-refractivity contribution is -0.132. The lowest BCUT2D eigenvalue weighted by atomic mass is 10.00. The summed E-state index contributed by atoms with van der Waals surface area (Å²) in [5.74, 6) is 0.415. The molecule has 0 aromatic heterocycles. The van der Waals surface area contributed by atoms with Crippen LogP contribution in [0.2, 0.25) is 0 Å². The van der Waals surface area contributed by atoms with E-state index < -0.39 is 23.8 Å². The van der Waals surface area contributed by atoms with E-state index in [2.05, 4.69) is 5.32 Å². The zero-order valence-corrected chi connectivity index (χ0v) is 17.4. The van der Waals surface area contributed by atoms with Gasteiger partial charge in [0.05, 0.1) is 0 Å². The number of hydrogen-bond acceptors (Lipinski definition) is 5. The topological polar surface area (TPSA) is 84.9 Å². The van der Waals surface area contributed by atoms with Crippen LogP contribution in [0.1, 0.15) is 47.1 Å². The smallest absolute Gasteiger partial charge is 0.411 e. The molecule has 1 fully saturated rings. The molecule has 7 nitrogen and oxygen atoms in total. The highest BCUT2D eigenvalue weighted by molar-refractivity contribution is 5.89. The number of amides is 2. The Kier molecular flexibility index (Phi) is 6.37. The van der Waals surface area contributed by atoms with Crippen LogP contribution in [0.25, 0.3) is 0 Å². The van der Waals surface area contributed by atoms with Crippen molar-refractivity contribution in [3.8, 4) is 5.75 Å². The molecule has 0 aliphatic carbocycles. The fourth-order valence-electron chi connectivity index (χ4n) is 2.93. The highest BCUT2D eigenvalue weighted by Crippen LogP contribution is 2.22. The number of benzene rings is 1. The summed E-state index contributed by atoms with van der Waals surface area (Å²) in [5, 5.41) is 2.70. The highest BCUT2D eigenvalue weighted by Gasteiger charge is 2.41. The van der Waals surface area contributed by atoms with E-state index >= 15 is 0 Å². The molecular formula is C21H30N2O5. The third-order valence-corrected chi connectivity index (χ3v) is 4.02. The molecule has 0 bridgehead atoms. The molecule has 1 aromatic carbocycles. The Morgan fingerprint density at radius 3 is 2.25 bits per heavy atom. The Labute approximate surface area is 166 Å². The molecule has 1 aliphatic rings. The van der Waals surface area contributed by atoms with E-state index in [0.29, 0.717) is 6.29 Å². The van der Waals surface area contributed by atoms with Crippen molar-refractivity contribution in [2.24, 2.45) is 0 Å². The summed E-state index contributed by atoms with van der Waals surface area (Å²) in [6, 6.07) is 5.78. The molecule has 1 N–H and O–H groups in total. The minimum Gasteiger partial charge on any atom is -0.488 e. The fraction of sp³-hybridized carbons (Fsp3) is 0.571. The maximum atomic E-state index is 12.7. The molecule has 7 heteroatoms. The monoisotopic (exact) mass is 390 g/mol. The van der Waals surface area contributed by atoms with Gasteiger partial charge in [-0.05, 0) is 59.2 Å². The number of nitrogens with zero attached hydrogens (tertiary/aromatic N) is 1. The van der Waals surface area contributed by atoms with Crippen LogP contribution in [-0.2, 0) is 20.7 Å². The number of rotatable bonds is 4. The lowest BCUT2D eigenvalue weighted by Crippen LogP contribution is -2.64. The summed E-state index contributed by atoms with van der Waals surface area (Å²) in [4.78, 5) is 37.9. The second-order valence-corrected chi connectivity index (χ2v) is 8.91. The number of carbonyl (C=O) groups excluding carboxylic acids is 3. The number of aldehydes is 1. The van der Waals surface area contributed by atoms with Crippen molar-refractivity contribution in [2.45, 2.75) is 71.2 Å². The van der Waals surface area contributed by atoms with Gasteiger partial charge >= 0.3 is 6.09 Å². The molecule has 2 atom stereocenters. The molecule has 0 radical (unpaired) electrons. The van der Waals surface area contributed by atoms with Crippen molar-refractivity contribution < 1.29 is 23.9 Å². The van der Waals surface area contributed by atoms with E-state index in [9.17, 15) is 14.4 Å². The highest BCUT2D eigenvalue weighted by atomic mass is 16.6. The van der Waals surface area contributed by atoms with E-state index in [1.165, 1.54) is 4.90 Å². The van der Waals surface area contributed by atoms with E-state index in [1.807, 2.05) is 45.0 Å². The number of hydrogen-bond donors (Lipinski definition) is 1. The molecular weight excluding hydrogens is 360 g/mol. The van der Waals surface area contributed by atoms with Crippen LogP contribution in [0.5, 0.6) is 5.75 Å². The first kappa shape index (κ1) is 21.7. The predicted molar refractivity (Wildman–Crippen MR) is 105 cm³/mol. The largest absolute Gasteiger partial charge is 0.488 e. The number of carbonyl (C=O) groups is 3. The summed E-state index contributed by atoms with van der Waals surface area (Å²) in [7, 11) is 0. The van der Waals surface area contributed by atoms with Gasteiger partial charge in [0.25, 0.3) is 0 Å². The quantitative estimate of drug-likeness (QED) is 0.799. The lowest BCUT2D eigenvalue weighted by Gasteiger charge is -2.39. The molecule has 0 spiro atoms. The van der Waals surface area contributed by atoms with E-state index in [4.69, 9.17) is 9.47 Å². The van der Waals surface area contributed by atoms with Crippen LogP contribution in [0.4, 0.5) is 4.79 Å². The average Bonchev–Trinajstić information content (AvgIpc) is 2.55. The molecule has 1 aromatic rings. The molecule has 0 saturated carbocycles. The van der Waals surface area contributed by atoms with Crippen LogP contribution in [0.15, 0.2) is 24.3 Å². The minimum absolute atomic E-state index is 0.0798. The molecule has 1 heterocycles. The second kappa shape index (κ2) is 8.20. The Hall–Kier alpha value is -2.57. The summed E-state index contributed by atoms with van der Waals surface area (Å²) in [5.41, 5.74) is -0.189. The van der Waals surface area contributed by atoms with Crippen LogP contribution >= 0.6 is 0 Å². The molecule has 2 rings (SSSR count). The molecule has 1 aliphatic heterocycles. The summed E-state index contributed by atoms with van der Waals surface area (Å²) in [6.07, 6.45) is 0.263. The van der Waals surface area contributed by atoms with Gasteiger partial charge in [-0.15, -0.1) is 0 Å². The van der Waals surface area contributed by atoms with Gasteiger partial charge in [-0.2, -0.15) is 0 Å². The van der Waals surface area contributed by atoms with Crippen LogP contribution < -0.4 is 10.1 Å². The Morgan fingerprint density at radius 2 is 1.75 bits per heavy atom. The number of ether oxygens (including phenoxy) is 2. The number of piperazine rings is 1. The van der Waals surface area contributed by atoms with Crippen molar-refractivity contribution in [2.75, 3.05) is 6.54 Å². The Balaban J connectivity index is 2.22. The van der Waals surface area contributed by atoms with Crippen molar-refractivity contribution in [3.63, 3.8) is 0 Å². The van der Waals surface area contributed by atoms with Crippen molar-refractivity contribution in [3.05, 3.63) is 29.8 Å². The van der Waals surface area contributed by atoms with Gasteiger partial charge in [-0.1, -0.05) is 12.1 Å². The summed E-state index contributed by atoms with van der Waals surface area (Å²) in [6.45, 7) is 11.2. The van der Waals surface area contributed by atoms with Crippen LogP contribution in [0.3, 0.4) is 0 Å². The molecule has 1 saturated heterocycles. The van der Waals surface area contributed by atoms with E-state index in [0.717, 1.165) is 11.3 Å². The normalized spacial score (nSPS) is 20.4. The first-order chi connectivity index (χ1) is 12.9. The fourth-order valence-corrected chi connectivity index (χ4v) is 2.93. The van der Waals surface area contributed by atoms with Gasteiger partial charge in [-0.25, -0.2) is 4.79 Å². The van der Waals surface area contributed by atoms with Gasteiger partial charge < -0.3 is 19.6 Å². The van der Waals surface area contributed by atoms with Gasteiger partial charge in [0, 0.05) is 13.0 Å². The molecule has 28 heavy (non-hydrogen) atoms. The van der Waals surface area contributed by atoms with E-state index in [-0.39, 0.29) is 24.5 Å². The van der Waals surface area contributed by atoms with Crippen molar-refractivity contribution in [1.29, 1.82) is 0 Å². The van der Waals surface area contributed by atoms with Gasteiger partial charge in [0.1, 0.15) is 35.3 Å². The predicted octanol–water partition coefficient (Wildman–Crippen LogP) is 2.71. The second-order valence-electron chi connectivity index (χ2n) is 8.91. The van der Waals surface area contributed by atoms with Gasteiger partial charge in [-0.3, -0.25) is 9.69 Å². The first-order valence-corrected chi connectivity index (χ1v) is 9.42. The maximum Gasteiger partial charge on any atom is 0.411 e. The standard InChI is InChI=1S/C21H30N2O5/c1-20(2,3)27-16-9-7-14(8-10-16)11-17-18(25)22-12-15(13-24)23(17)19(26)28-21(4,5)6/h7-10,13,15,17H,11-12H2,1-6H3,(H,22,25)/t15-,17+/m1/s1. The first-order valence-electron chi connectivity index (χ1n) is 9.42. The third kappa shape index (κ3) is 5.97. The Bertz CT molecular complexity index is 716. The Morgan fingerprint density at radius 1 is 1.14 bits per heavy atom. The zero-order valence-electron chi connectivity index (χ0n) is 17.4. The molecule has 154 valence electrons. The number of nitrogens with one attached hydrogen (secondary N) is 1. The molecule has 0 unspecified atom stereocenters. The average molecular weight is 390 g/mol. The van der Waals surface area contributed by atoms with Gasteiger partial charge in [0.15, 0.2) is 0 Å². The van der Waals surface area contributed by atoms with Crippen LogP contribution in [0, 0.1) is 0 Å². The van der Waals surface area contributed by atoms with E-state index in [1.54, 1.807) is 20.8 Å². The summed E-state index contributed by atoms with van der Waals surface area (Å²) < 4.78 is 11.2. The SMILES string of the molecule is CC(C)(C)OC(=O)N1[C@@H](C=O)CNC(=O)[C@@H]1Cc1ccc(OC(C)(C)C)cc1. The maximum absolute atomic E-state index is 12.7. The van der Waals surface area contributed by atoms with Gasteiger partial charge in [0.2, 0.25) is 5.91 Å². The summed E-state index contributed by atoms with van der Waals surface area (Å²) >= 11 is 0. The van der Waals surface area contributed by atoms with Crippen LogP contribution in [-0.4, -0.2) is 53.0 Å². The van der Waals surface area contributed by atoms with Crippen molar-refractivity contribution in [1.82, 2.24) is 10.2 Å².